The molecule has 0 heterocycles. The lowest BCUT2D eigenvalue weighted by Gasteiger charge is -2.25. The van der Waals surface area contributed by atoms with E-state index in [2.05, 4.69) is 29.6 Å². The van der Waals surface area contributed by atoms with Gasteiger partial charge in [0.05, 0.1) is 0 Å². The van der Waals surface area contributed by atoms with Gasteiger partial charge in [0.2, 0.25) is 0 Å². The van der Waals surface area contributed by atoms with E-state index >= 15 is 0 Å². The van der Waals surface area contributed by atoms with Crippen molar-refractivity contribution in [3.8, 4) is 0 Å². The molecule has 3 rings (SSSR count). The van der Waals surface area contributed by atoms with Crippen LogP contribution in [0.1, 0.15) is 28.8 Å². The van der Waals surface area contributed by atoms with Crippen LogP contribution in [0.3, 0.4) is 0 Å². The number of benzene rings is 3. The van der Waals surface area contributed by atoms with Crippen LogP contribution in [-0.4, -0.2) is 24.9 Å². The van der Waals surface area contributed by atoms with Crippen LogP contribution in [0.5, 0.6) is 0 Å². The summed E-state index contributed by atoms with van der Waals surface area (Å²) in [4.78, 5) is 14.6. The summed E-state index contributed by atoms with van der Waals surface area (Å²) in [5, 5.41) is 2.17. The molecule has 0 unspecified atom stereocenters. The molecule has 1 amide bonds. The lowest BCUT2D eigenvalue weighted by molar-refractivity contribution is -0.714. The van der Waals surface area contributed by atoms with Crippen molar-refractivity contribution in [3.05, 3.63) is 108 Å². The van der Waals surface area contributed by atoms with Crippen LogP contribution in [0.2, 0.25) is 0 Å². The van der Waals surface area contributed by atoms with Crippen molar-refractivity contribution in [3.63, 3.8) is 0 Å². The first kappa shape index (κ1) is 17.9. The van der Waals surface area contributed by atoms with E-state index in [0.29, 0.717) is 0 Å². The van der Waals surface area contributed by atoms with Gasteiger partial charge < -0.3 is 10.2 Å². The van der Waals surface area contributed by atoms with Gasteiger partial charge in [0.25, 0.3) is 5.91 Å². The summed E-state index contributed by atoms with van der Waals surface area (Å²) in [5.74, 6) is 0.0908. The number of nitrogens with zero attached hydrogens (tertiary/aromatic N) is 1. The van der Waals surface area contributed by atoms with Crippen molar-refractivity contribution in [1.82, 2.24) is 4.90 Å². The number of amides is 1. The largest absolute Gasteiger partial charge is 0.343 e. The first-order valence-corrected chi connectivity index (χ1v) is 8.88. The molecule has 2 N–H and O–H groups in total. The molecule has 3 aromatic carbocycles. The average Bonchev–Trinajstić information content (AvgIpc) is 2.70. The van der Waals surface area contributed by atoms with E-state index in [4.69, 9.17) is 0 Å². The van der Waals surface area contributed by atoms with Crippen molar-refractivity contribution >= 4 is 5.91 Å². The predicted octanol–water partition coefficient (Wildman–Crippen LogP) is 3.17. The zero-order chi connectivity index (χ0) is 18.4. The second-order valence-electron chi connectivity index (χ2n) is 6.61. The summed E-state index contributed by atoms with van der Waals surface area (Å²) in [7, 11) is 3.62. The molecule has 0 bridgehead atoms. The van der Waals surface area contributed by atoms with Crippen molar-refractivity contribution in [2.24, 2.45) is 0 Å². The van der Waals surface area contributed by atoms with E-state index < -0.39 is 0 Å². The smallest absolute Gasteiger partial charge is 0.285 e. The molecule has 0 aliphatic heterocycles. The Morgan fingerprint density at radius 2 is 1.08 bits per heavy atom. The van der Waals surface area contributed by atoms with Gasteiger partial charge in [0.1, 0.15) is 6.04 Å². The molecule has 1 atom stereocenters. The Kier molecular flexibility index (Phi) is 5.82. The molecule has 0 aliphatic rings. The first-order valence-electron chi connectivity index (χ1n) is 8.88. The number of quaternary nitrogens is 1. The second kappa shape index (κ2) is 8.45. The summed E-state index contributed by atoms with van der Waals surface area (Å²) >= 11 is 0. The highest BCUT2D eigenvalue weighted by molar-refractivity contribution is 5.81. The van der Waals surface area contributed by atoms with Gasteiger partial charge in [0, 0.05) is 30.8 Å². The molecular weight excluding hydrogens is 320 g/mol. The SMILES string of the molecule is CN(C)C(=O)[C@H]([NH2+]C(c1ccccc1)c1ccccc1)c1ccccc1. The highest BCUT2D eigenvalue weighted by Crippen LogP contribution is 2.20. The molecule has 3 nitrogen and oxygen atoms in total. The van der Waals surface area contributed by atoms with Crippen molar-refractivity contribution in [2.45, 2.75) is 12.1 Å². The van der Waals surface area contributed by atoms with Crippen LogP contribution in [0.25, 0.3) is 0 Å². The third-order valence-corrected chi connectivity index (χ3v) is 4.57. The molecule has 0 saturated carbocycles. The minimum absolute atomic E-state index is 0.0477. The number of carbonyl (C=O) groups is 1. The quantitative estimate of drug-likeness (QED) is 0.732. The number of hydrogen-bond donors (Lipinski definition) is 1. The lowest BCUT2D eigenvalue weighted by Crippen LogP contribution is -2.88. The Bertz CT molecular complexity index is 777. The fourth-order valence-electron chi connectivity index (χ4n) is 3.20. The number of nitrogens with two attached hydrogens (primary N) is 1. The summed E-state index contributed by atoms with van der Waals surface area (Å²) < 4.78 is 0. The van der Waals surface area contributed by atoms with E-state index in [1.165, 1.54) is 11.1 Å². The van der Waals surface area contributed by atoms with Gasteiger partial charge in [-0.3, -0.25) is 4.79 Å². The van der Waals surface area contributed by atoms with Crippen LogP contribution < -0.4 is 5.32 Å². The summed E-state index contributed by atoms with van der Waals surface area (Å²) in [5.41, 5.74) is 3.39. The number of likely N-dealkylation sites (N-methyl/N-ethyl adjacent to an activating group) is 1. The standard InChI is InChI=1S/C23H24N2O/c1-25(2)23(26)22(20-16-10-5-11-17-20)24-21(18-12-6-3-7-13-18)19-14-8-4-9-15-19/h3-17,21-22,24H,1-2H3/p+1/t22-/m1/s1. The van der Waals surface area contributed by atoms with Crippen LogP contribution in [0, 0.1) is 0 Å². The van der Waals surface area contributed by atoms with E-state index in [-0.39, 0.29) is 18.0 Å². The molecule has 132 valence electrons. The molecule has 0 radical (unpaired) electrons. The fourth-order valence-corrected chi connectivity index (χ4v) is 3.20. The first-order chi connectivity index (χ1) is 12.7. The molecule has 0 aliphatic carbocycles. The number of hydrogen-bond acceptors (Lipinski definition) is 1. The van der Waals surface area contributed by atoms with Crippen molar-refractivity contribution < 1.29 is 10.1 Å². The third-order valence-electron chi connectivity index (χ3n) is 4.57. The zero-order valence-electron chi connectivity index (χ0n) is 15.2. The van der Waals surface area contributed by atoms with Gasteiger partial charge in [-0.15, -0.1) is 0 Å². The van der Waals surface area contributed by atoms with Gasteiger partial charge in [-0.25, -0.2) is 0 Å². The van der Waals surface area contributed by atoms with E-state index in [9.17, 15) is 4.79 Å². The summed E-state index contributed by atoms with van der Waals surface area (Å²) in [6.45, 7) is 0. The molecule has 0 spiro atoms. The minimum atomic E-state index is -0.295. The Labute approximate surface area is 155 Å². The molecule has 0 aromatic heterocycles. The molecule has 26 heavy (non-hydrogen) atoms. The topological polar surface area (TPSA) is 36.9 Å². The average molecular weight is 345 g/mol. The van der Waals surface area contributed by atoms with E-state index in [1.54, 1.807) is 4.90 Å². The molecule has 3 heteroatoms. The maximum absolute atomic E-state index is 12.9. The van der Waals surface area contributed by atoms with E-state index in [1.807, 2.05) is 80.8 Å². The Balaban J connectivity index is 2.01. The molecule has 0 saturated heterocycles. The van der Waals surface area contributed by atoms with Crippen molar-refractivity contribution in [1.29, 1.82) is 0 Å². The Morgan fingerprint density at radius 3 is 1.46 bits per heavy atom. The monoisotopic (exact) mass is 345 g/mol. The van der Waals surface area contributed by atoms with Gasteiger partial charge in [0.15, 0.2) is 6.04 Å². The van der Waals surface area contributed by atoms with Gasteiger partial charge in [-0.2, -0.15) is 0 Å². The predicted molar refractivity (Wildman–Crippen MR) is 105 cm³/mol. The highest BCUT2D eigenvalue weighted by atomic mass is 16.2. The highest BCUT2D eigenvalue weighted by Gasteiger charge is 2.30. The van der Waals surface area contributed by atoms with Gasteiger partial charge in [-0.1, -0.05) is 91.0 Å². The number of rotatable bonds is 6. The molecule has 3 aromatic rings. The van der Waals surface area contributed by atoms with Gasteiger partial charge in [-0.05, 0) is 0 Å². The molecule has 0 fully saturated rings. The van der Waals surface area contributed by atoms with Gasteiger partial charge >= 0.3 is 0 Å². The van der Waals surface area contributed by atoms with Crippen LogP contribution >= 0.6 is 0 Å². The Morgan fingerprint density at radius 1 is 0.692 bits per heavy atom. The summed E-state index contributed by atoms with van der Waals surface area (Å²) in [6, 6.07) is 30.5. The maximum Gasteiger partial charge on any atom is 0.285 e. The molecular formula is C23H25N2O+. The zero-order valence-corrected chi connectivity index (χ0v) is 15.2. The number of carbonyl (C=O) groups excluding carboxylic acids is 1. The second-order valence-corrected chi connectivity index (χ2v) is 6.61. The van der Waals surface area contributed by atoms with E-state index in [0.717, 1.165) is 5.56 Å². The maximum atomic E-state index is 12.9. The Hall–Kier alpha value is -2.91. The lowest BCUT2D eigenvalue weighted by atomic mass is 9.96. The minimum Gasteiger partial charge on any atom is -0.343 e. The van der Waals surface area contributed by atoms with Crippen LogP contribution in [-0.2, 0) is 4.79 Å². The van der Waals surface area contributed by atoms with Crippen molar-refractivity contribution in [2.75, 3.05) is 14.1 Å². The fraction of sp³-hybridized carbons (Fsp3) is 0.174. The third kappa shape index (κ3) is 4.19. The summed E-state index contributed by atoms with van der Waals surface area (Å²) in [6.07, 6.45) is 0. The van der Waals surface area contributed by atoms with Crippen LogP contribution in [0.15, 0.2) is 91.0 Å². The van der Waals surface area contributed by atoms with Crippen LogP contribution in [0.4, 0.5) is 0 Å². The normalized spacial score (nSPS) is 12.0.